The van der Waals surface area contributed by atoms with Crippen LogP contribution >= 0.6 is 27.5 Å². The fourth-order valence-electron chi connectivity index (χ4n) is 1.85. The van der Waals surface area contributed by atoms with Crippen molar-refractivity contribution >= 4 is 33.3 Å². The molecule has 0 N–H and O–H groups in total. The lowest BCUT2D eigenvalue weighted by Gasteiger charge is -2.09. The van der Waals surface area contributed by atoms with E-state index in [1.807, 2.05) is 0 Å². The Morgan fingerprint density at radius 2 is 2.10 bits per heavy atom. The Bertz CT molecular complexity index is 638. The fourth-order valence-corrected chi connectivity index (χ4v) is 2.42. The molecule has 0 aromatic heterocycles. The molecule has 2 rings (SSSR count). The predicted molar refractivity (Wildman–Crippen MR) is 80.1 cm³/mol. The number of carbonyl (C=O) groups is 1. The molecule has 0 atom stereocenters. The quantitative estimate of drug-likeness (QED) is 0.743. The fraction of sp³-hybridized carbons (Fsp3) is 0.133. The van der Waals surface area contributed by atoms with Gasteiger partial charge in [-0.3, -0.25) is 4.79 Å². The van der Waals surface area contributed by atoms with Crippen molar-refractivity contribution in [3.05, 3.63) is 62.8 Å². The molecule has 0 unspecified atom stereocenters. The van der Waals surface area contributed by atoms with Crippen molar-refractivity contribution in [3.63, 3.8) is 0 Å². The Balaban J connectivity index is 2.33. The van der Waals surface area contributed by atoms with Gasteiger partial charge in [-0.25, -0.2) is 4.39 Å². The number of hydrogen-bond donors (Lipinski definition) is 0. The van der Waals surface area contributed by atoms with Gasteiger partial charge in [-0.1, -0.05) is 33.6 Å². The van der Waals surface area contributed by atoms with Crippen LogP contribution in [0.1, 0.15) is 15.9 Å². The third kappa shape index (κ3) is 3.19. The highest BCUT2D eigenvalue weighted by molar-refractivity contribution is 9.10. The Morgan fingerprint density at radius 1 is 1.35 bits per heavy atom. The SMILES string of the molecule is COc1cc(Br)ccc1C(=O)Cc1c(F)cccc1Cl. The van der Waals surface area contributed by atoms with E-state index in [9.17, 15) is 9.18 Å². The highest BCUT2D eigenvalue weighted by Gasteiger charge is 2.17. The van der Waals surface area contributed by atoms with Crippen LogP contribution in [-0.2, 0) is 6.42 Å². The molecule has 5 heteroatoms. The molecule has 0 bridgehead atoms. The smallest absolute Gasteiger partial charge is 0.171 e. The molecule has 2 aromatic rings. The Morgan fingerprint density at radius 3 is 2.75 bits per heavy atom. The number of carbonyl (C=O) groups excluding carboxylic acids is 1. The van der Waals surface area contributed by atoms with Gasteiger partial charge < -0.3 is 4.74 Å². The number of benzene rings is 2. The van der Waals surface area contributed by atoms with E-state index in [2.05, 4.69) is 15.9 Å². The molecule has 0 spiro atoms. The molecule has 0 aliphatic rings. The minimum absolute atomic E-state index is 0.108. The minimum atomic E-state index is -0.484. The maximum absolute atomic E-state index is 13.7. The van der Waals surface area contributed by atoms with E-state index in [4.69, 9.17) is 16.3 Å². The second-order valence-corrected chi connectivity index (χ2v) is 5.47. The monoisotopic (exact) mass is 356 g/mol. The normalized spacial score (nSPS) is 10.4. The third-order valence-electron chi connectivity index (χ3n) is 2.86. The largest absolute Gasteiger partial charge is 0.496 e. The minimum Gasteiger partial charge on any atom is -0.496 e. The molecule has 0 amide bonds. The van der Waals surface area contributed by atoms with Crippen LogP contribution in [0.3, 0.4) is 0 Å². The molecule has 0 radical (unpaired) electrons. The summed E-state index contributed by atoms with van der Waals surface area (Å²) in [7, 11) is 1.48. The lowest BCUT2D eigenvalue weighted by Crippen LogP contribution is -2.07. The second kappa shape index (κ2) is 6.37. The molecule has 2 nitrogen and oxygen atoms in total. The van der Waals surface area contributed by atoms with E-state index in [1.165, 1.54) is 19.2 Å². The van der Waals surface area contributed by atoms with Gasteiger partial charge in [-0.2, -0.15) is 0 Å². The standard InChI is InChI=1S/C15H11BrClFO2/c1-20-15-7-9(16)5-6-10(15)14(19)8-11-12(17)3-2-4-13(11)18/h2-7H,8H2,1H3. The van der Waals surface area contributed by atoms with Gasteiger partial charge in [0.25, 0.3) is 0 Å². The van der Waals surface area contributed by atoms with Crippen molar-refractivity contribution in [1.82, 2.24) is 0 Å². The average molecular weight is 358 g/mol. The van der Waals surface area contributed by atoms with Gasteiger partial charge >= 0.3 is 0 Å². The van der Waals surface area contributed by atoms with Crippen molar-refractivity contribution in [2.24, 2.45) is 0 Å². The molecule has 2 aromatic carbocycles. The molecule has 104 valence electrons. The topological polar surface area (TPSA) is 26.3 Å². The molecule has 0 saturated carbocycles. The lowest BCUT2D eigenvalue weighted by atomic mass is 10.0. The Kier molecular flexibility index (Phi) is 4.78. The van der Waals surface area contributed by atoms with E-state index in [0.717, 1.165) is 4.47 Å². The summed E-state index contributed by atoms with van der Waals surface area (Å²) < 4.78 is 19.7. The molecule has 0 saturated heterocycles. The molecule has 0 heterocycles. The van der Waals surface area contributed by atoms with Gasteiger partial charge in [-0.15, -0.1) is 0 Å². The number of methoxy groups -OCH3 is 1. The van der Waals surface area contributed by atoms with Gasteiger partial charge in [0.1, 0.15) is 11.6 Å². The van der Waals surface area contributed by atoms with Crippen LogP contribution in [0.15, 0.2) is 40.9 Å². The Hall–Kier alpha value is -1.39. The summed E-state index contributed by atoms with van der Waals surface area (Å²) in [5.41, 5.74) is 0.596. The molecular formula is C15H11BrClFO2. The number of Topliss-reactive ketones (excluding diaryl/α,β-unsaturated/α-hetero) is 1. The van der Waals surface area contributed by atoms with E-state index < -0.39 is 5.82 Å². The van der Waals surface area contributed by atoms with Crippen LogP contribution in [0.2, 0.25) is 5.02 Å². The zero-order valence-corrected chi connectivity index (χ0v) is 13.0. The third-order valence-corrected chi connectivity index (χ3v) is 3.71. The van der Waals surface area contributed by atoms with Crippen LogP contribution in [0.5, 0.6) is 5.75 Å². The van der Waals surface area contributed by atoms with Crippen molar-refractivity contribution in [2.45, 2.75) is 6.42 Å². The Labute approximate surface area is 129 Å². The first-order valence-electron chi connectivity index (χ1n) is 5.82. The molecular weight excluding hydrogens is 347 g/mol. The summed E-state index contributed by atoms with van der Waals surface area (Å²) in [5, 5.41) is 0.245. The summed E-state index contributed by atoms with van der Waals surface area (Å²) in [6.07, 6.45) is -0.108. The molecule has 20 heavy (non-hydrogen) atoms. The zero-order chi connectivity index (χ0) is 14.7. The highest BCUT2D eigenvalue weighted by atomic mass is 79.9. The van der Waals surface area contributed by atoms with Crippen LogP contribution in [-0.4, -0.2) is 12.9 Å². The number of ether oxygens (including phenoxy) is 1. The van der Waals surface area contributed by atoms with Gasteiger partial charge in [0.05, 0.1) is 12.7 Å². The van der Waals surface area contributed by atoms with Crippen LogP contribution in [0.25, 0.3) is 0 Å². The summed E-state index contributed by atoms with van der Waals surface area (Å²) >= 11 is 9.23. The molecule has 0 aliphatic carbocycles. The van der Waals surface area contributed by atoms with Crippen LogP contribution in [0.4, 0.5) is 4.39 Å². The maximum atomic E-state index is 13.7. The van der Waals surface area contributed by atoms with E-state index >= 15 is 0 Å². The van der Waals surface area contributed by atoms with E-state index in [-0.39, 0.29) is 22.8 Å². The summed E-state index contributed by atoms with van der Waals surface area (Å²) in [6.45, 7) is 0. The maximum Gasteiger partial charge on any atom is 0.171 e. The van der Waals surface area contributed by atoms with Gasteiger partial charge in [0.2, 0.25) is 0 Å². The summed E-state index contributed by atoms with van der Waals surface area (Å²) in [5.74, 6) is -0.292. The number of halogens is 3. The van der Waals surface area contributed by atoms with E-state index in [0.29, 0.717) is 11.3 Å². The van der Waals surface area contributed by atoms with E-state index in [1.54, 1.807) is 24.3 Å². The average Bonchev–Trinajstić information content (AvgIpc) is 2.42. The van der Waals surface area contributed by atoms with Crippen molar-refractivity contribution in [2.75, 3.05) is 7.11 Å². The first kappa shape index (κ1) is 15.0. The summed E-state index contributed by atoms with van der Waals surface area (Å²) in [6, 6.07) is 9.42. The van der Waals surface area contributed by atoms with Gasteiger partial charge in [0, 0.05) is 21.5 Å². The number of hydrogen-bond acceptors (Lipinski definition) is 2. The summed E-state index contributed by atoms with van der Waals surface area (Å²) in [4.78, 5) is 12.3. The zero-order valence-electron chi connectivity index (χ0n) is 10.6. The van der Waals surface area contributed by atoms with Crippen molar-refractivity contribution in [3.8, 4) is 5.75 Å². The van der Waals surface area contributed by atoms with Crippen molar-refractivity contribution in [1.29, 1.82) is 0 Å². The second-order valence-electron chi connectivity index (χ2n) is 4.14. The lowest BCUT2D eigenvalue weighted by molar-refractivity contribution is 0.0989. The van der Waals surface area contributed by atoms with Crippen LogP contribution < -0.4 is 4.74 Å². The highest BCUT2D eigenvalue weighted by Crippen LogP contribution is 2.27. The first-order chi connectivity index (χ1) is 9.52. The van der Waals surface area contributed by atoms with Gasteiger partial charge in [-0.05, 0) is 30.3 Å². The van der Waals surface area contributed by atoms with Crippen LogP contribution in [0, 0.1) is 5.82 Å². The van der Waals surface area contributed by atoms with Gasteiger partial charge in [0.15, 0.2) is 5.78 Å². The number of ketones is 1. The number of rotatable bonds is 4. The molecule has 0 fully saturated rings. The predicted octanol–water partition coefficient (Wildman–Crippen LogP) is 4.68. The van der Waals surface area contributed by atoms with Crippen molar-refractivity contribution < 1.29 is 13.9 Å². The first-order valence-corrected chi connectivity index (χ1v) is 6.99. The molecule has 0 aliphatic heterocycles.